The fraction of sp³-hybridized carbons (Fsp3) is 1.00. The topological polar surface area (TPSA) is 0 Å². The van der Waals surface area contributed by atoms with Gasteiger partial charge in [-0.2, -0.15) is 0 Å². The summed E-state index contributed by atoms with van der Waals surface area (Å²) >= 11 is 6.32. The lowest BCUT2D eigenvalue weighted by Gasteiger charge is -2.20. The first-order valence-electron chi connectivity index (χ1n) is 4.90. The van der Waals surface area contributed by atoms with E-state index in [1.165, 1.54) is 51.4 Å². The molecule has 66 valence electrons. The molecule has 1 fully saturated rings. The minimum Gasteiger partial charge on any atom is -0.120 e. The molecule has 1 aliphatic carbocycles. The van der Waals surface area contributed by atoms with Gasteiger partial charge in [0.25, 0.3) is 0 Å². The van der Waals surface area contributed by atoms with Gasteiger partial charge < -0.3 is 0 Å². The van der Waals surface area contributed by atoms with Gasteiger partial charge in [0, 0.05) is 4.87 Å². The molecule has 0 amide bonds. The van der Waals surface area contributed by atoms with E-state index in [1.54, 1.807) is 0 Å². The summed E-state index contributed by atoms with van der Waals surface area (Å²) in [6, 6.07) is 0. The molecule has 0 aromatic heterocycles. The van der Waals surface area contributed by atoms with Gasteiger partial charge >= 0.3 is 0 Å². The van der Waals surface area contributed by atoms with Crippen LogP contribution in [-0.4, -0.2) is 4.87 Å². The molecule has 0 spiro atoms. The normalized spacial score (nSPS) is 26.7. The smallest absolute Gasteiger partial charge is 0.0418 e. The summed E-state index contributed by atoms with van der Waals surface area (Å²) < 4.78 is 0. The molecule has 0 nitrogen and oxygen atoms in total. The van der Waals surface area contributed by atoms with E-state index in [9.17, 15) is 0 Å². The van der Waals surface area contributed by atoms with Crippen molar-refractivity contribution in [1.29, 1.82) is 0 Å². The molecular weight excluding hydrogens is 156 g/mol. The first-order chi connectivity index (χ1) is 5.21. The van der Waals surface area contributed by atoms with Crippen LogP contribution in [0, 0.1) is 0 Å². The molecule has 0 heterocycles. The first kappa shape index (κ1) is 9.38. The van der Waals surface area contributed by atoms with Crippen molar-refractivity contribution in [2.75, 3.05) is 0 Å². The monoisotopic (exact) mass is 174 g/mol. The van der Waals surface area contributed by atoms with E-state index in [0.717, 1.165) is 0 Å². The van der Waals surface area contributed by atoms with Crippen molar-refractivity contribution >= 4 is 11.6 Å². The van der Waals surface area contributed by atoms with E-state index in [-0.39, 0.29) is 4.87 Å². The zero-order chi connectivity index (χ0) is 8.16. The summed E-state index contributed by atoms with van der Waals surface area (Å²) in [4.78, 5) is 0.115. The average Bonchev–Trinajstić information content (AvgIpc) is 2.00. The largest absolute Gasteiger partial charge is 0.120 e. The Bertz CT molecular complexity index is 95.4. The SMILES string of the molecule is CC1(Cl)CCCCCCCC1. The lowest BCUT2D eigenvalue weighted by molar-refractivity contribution is 0.500. The third kappa shape index (κ3) is 4.00. The van der Waals surface area contributed by atoms with Crippen LogP contribution >= 0.6 is 11.6 Å². The summed E-state index contributed by atoms with van der Waals surface area (Å²) in [5, 5.41) is 0. The van der Waals surface area contributed by atoms with Crippen molar-refractivity contribution < 1.29 is 0 Å². The Morgan fingerprint density at radius 2 is 1.18 bits per heavy atom. The Balaban J connectivity index is 2.31. The molecule has 1 rings (SSSR count). The van der Waals surface area contributed by atoms with E-state index < -0.39 is 0 Å². The standard InChI is InChI=1S/C10H19Cl/c1-10(11)8-6-4-2-3-5-7-9-10/h2-9H2,1H3. The van der Waals surface area contributed by atoms with Crippen LogP contribution < -0.4 is 0 Å². The lowest BCUT2D eigenvalue weighted by Crippen LogP contribution is -2.15. The maximum atomic E-state index is 6.32. The molecule has 0 atom stereocenters. The van der Waals surface area contributed by atoms with Gasteiger partial charge in [-0.1, -0.05) is 38.5 Å². The second-order valence-electron chi connectivity index (χ2n) is 4.03. The fourth-order valence-corrected chi connectivity index (χ4v) is 2.09. The van der Waals surface area contributed by atoms with Crippen LogP contribution in [0.5, 0.6) is 0 Å². The van der Waals surface area contributed by atoms with Crippen molar-refractivity contribution in [1.82, 2.24) is 0 Å². The third-order valence-corrected chi connectivity index (χ3v) is 3.02. The van der Waals surface area contributed by atoms with E-state index in [4.69, 9.17) is 11.6 Å². The summed E-state index contributed by atoms with van der Waals surface area (Å²) in [7, 11) is 0. The predicted octanol–water partition coefficient (Wildman–Crippen LogP) is 4.12. The van der Waals surface area contributed by atoms with Gasteiger partial charge in [-0.25, -0.2) is 0 Å². The molecule has 0 aliphatic heterocycles. The second-order valence-corrected chi connectivity index (χ2v) is 4.95. The number of halogens is 1. The number of hydrogen-bond donors (Lipinski definition) is 0. The number of hydrogen-bond acceptors (Lipinski definition) is 0. The highest BCUT2D eigenvalue weighted by Crippen LogP contribution is 2.30. The Kier molecular flexibility index (Phi) is 3.71. The molecule has 0 bridgehead atoms. The molecular formula is C10H19Cl. The highest BCUT2D eigenvalue weighted by Gasteiger charge is 2.20. The molecule has 1 aliphatic rings. The summed E-state index contributed by atoms with van der Waals surface area (Å²) in [5.74, 6) is 0. The van der Waals surface area contributed by atoms with Gasteiger partial charge in [-0.15, -0.1) is 11.6 Å². The van der Waals surface area contributed by atoms with Gasteiger partial charge in [0.1, 0.15) is 0 Å². The number of rotatable bonds is 0. The highest BCUT2D eigenvalue weighted by molar-refractivity contribution is 6.23. The molecule has 1 saturated carbocycles. The van der Waals surface area contributed by atoms with Crippen molar-refractivity contribution in [3.63, 3.8) is 0 Å². The Morgan fingerprint density at radius 3 is 1.64 bits per heavy atom. The molecule has 11 heavy (non-hydrogen) atoms. The molecule has 0 saturated heterocycles. The maximum Gasteiger partial charge on any atom is 0.0418 e. The van der Waals surface area contributed by atoms with Crippen molar-refractivity contribution in [2.45, 2.75) is 63.2 Å². The predicted molar refractivity (Wildman–Crippen MR) is 51.2 cm³/mol. The van der Waals surface area contributed by atoms with E-state index >= 15 is 0 Å². The summed E-state index contributed by atoms with van der Waals surface area (Å²) in [5.41, 5.74) is 0. The van der Waals surface area contributed by atoms with Gasteiger partial charge in [0.2, 0.25) is 0 Å². The van der Waals surface area contributed by atoms with Crippen molar-refractivity contribution in [3.05, 3.63) is 0 Å². The van der Waals surface area contributed by atoms with E-state index in [2.05, 4.69) is 6.92 Å². The second kappa shape index (κ2) is 4.35. The van der Waals surface area contributed by atoms with Crippen molar-refractivity contribution in [3.8, 4) is 0 Å². The van der Waals surface area contributed by atoms with E-state index in [0.29, 0.717) is 0 Å². The minimum atomic E-state index is 0.115. The van der Waals surface area contributed by atoms with E-state index in [1.807, 2.05) is 0 Å². The van der Waals surface area contributed by atoms with Gasteiger partial charge in [0.05, 0.1) is 0 Å². The molecule has 0 radical (unpaired) electrons. The molecule has 1 heteroatoms. The Morgan fingerprint density at radius 1 is 0.818 bits per heavy atom. The van der Waals surface area contributed by atoms with Gasteiger partial charge in [-0.05, 0) is 19.8 Å². The van der Waals surface area contributed by atoms with Crippen LogP contribution in [0.2, 0.25) is 0 Å². The lowest BCUT2D eigenvalue weighted by atomic mass is 9.98. The van der Waals surface area contributed by atoms with Gasteiger partial charge in [-0.3, -0.25) is 0 Å². The Hall–Kier alpha value is 0.290. The number of alkyl halides is 1. The minimum absolute atomic E-state index is 0.115. The summed E-state index contributed by atoms with van der Waals surface area (Å²) in [6.45, 7) is 2.19. The zero-order valence-corrected chi connectivity index (χ0v) is 8.29. The molecule has 0 aromatic carbocycles. The van der Waals surface area contributed by atoms with Crippen LogP contribution in [0.3, 0.4) is 0 Å². The molecule has 0 unspecified atom stereocenters. The van der Waals surface area contributed by atoms with Crippen LogP contribution in [-0.2, 0) is 0 Å². The van der Waals surface area contributed by atoms with Crippen LogP contribution in [0.15, 0.2) is 0 Å². The van der Waals surface area contributed by atoms with Crippen LogP contribution in [0.4, 0.5) is 0 Å². The maximum absolute atomic E-state index is 6.32. The van der Waals surface area contributed by atoms with Crippen LogP contribution in [0.25, 0.3) is 0 Å². The third-order valence-electron chi connectivity index (χ3n) is 2.65. The quantitative estimate of drug-likeness (QED) is 0.485. The molecule has 0 N–H and O–H groups in total. The van der Waals surface area contributed by atoms with Gasteiger partial charge in [0.15, 0.2) is 0 Å². The zero-order valence-electron chi connectivity index (χ0n) is 7.53. The fourth-order valence-electron chi connectivity index (χ4n) is 1.82. The van der Waals surface area contributed by atoms with Crippen LogP contribution in [0.1, 0.15) is 58.3 Å². The average molecular weight is 175 g/mol. The summed E-state index contributed by atoms with van der Waals surface area (Å²) in [6.07, 6.45) is 10.7. The Labute approximate surface area is 75.3 Å². The highest BCUT2D eigenvalue weighted by atomic mass is 35.5. The first-order valence-corrected chi connectivity index (χ1v) is 5.27. The molecule has 0 aromatic rings. The van der Waals surface area contributed by atoms with Crippen molar-refractivity contribution in [2.24, 2.45) is 0 Å².